The lowest BCUT2D eigenvalue weighted by molar-refractivity contribution is -0.107. The molecule has 0 aromatic rings. The monoisotopic (exact) mass is 285 g/mol. The smallest absolute Gasteiger partial charge is 0.0701 e. The van der Waals surface area contributed by atoms with Gasteiger partial charge >= 0.3 is 0 Å². The Balaban J connectivity index is 1.93. The van der Waals surface area contributed by atoms with Crippen molar-refractivity contribution in [3.05, 3.63) is 0 Å². The SMILES string of the molecule is CCCCC(NCC)C1CCOC2(CCSCC2)C1. The van der Waals surface area contributed by atoms with Crippen molar-refractivity contribution >= 4 is 11.8 Å². The molecule has 0 bridgehead atoms. The third-order valence-corrected chi connectivity index (χ3v) is 5.82. The largest absolute Gasteiger partial charge is 0.375 e. The van der Waals surface area contributed by atoms with E-state index in [9.17, 15) is 0 Å². The summed E-state index contributed by atoms with van der Waals surface area (Å²) in [5, 5.41) is 3.75. The van der Waals surface area contributed by atoms with Crippen LogP contribution < -0.4 is 5.32 Å². The van der Waals surface area contributed by atoms with Crippen LogP contribution in [0.2, 0.25) is 0 Å². The lowest BCUT2D eigenvalue weighted by Crippen LogP contribution is -2.48. The van der Waals surface area contributed by atoms with Gasteiger partial charge in [-0.15, -0.1) is 0 Å². The molecule has 2 unspecified atom stereocenters. The third kappa shape index (κ3) is 4.37. The van der Waals surface area contributed by atoms with Crippen LogP contribution in [-0.4, -0.2) is 36.3 Å². The fourth-order valence-corrected chi connectivity index (χ4v) is 4.93. The van der Waals surface area contributed by atoms with Crippen molar-refractivity contribution in [2.24, 2.45) is 5.92 Å². The Morgan fingerprint density at radius 1 is 1.32 bits per heavy atom. The molecule has 2 rings (SSSR count). The summed E-state index contributed by atoms with van der Waals surface area (Å²) < 4.78 is 6.23. The Morgan fingerprint density at radius 3 is 2.79 bits per heavy atom. The minimum absolute atomic E-state index is 0.244. The van der Waals surface area contributed by atoms with Crippen LogP contribution >= 0.6 is 11.8 Å². The molecule has 0 saturated carbocycles. The molecular weight excluding hydrogens is 254 g/mol. The number of hydrogen-bond acceptors (Lipinski definition) is 3. The molecule has 2 nitrogen and oxygen atoms in total. The molecule has 2 saturated heterocycles. The Morgan fingerprint density at radius 2 is 2.11 bits per heavy atom. The highest BCUT2D eigenvalue weighted by atomic mass is 32.2. The van der Waals surface area contributed by atoms with Crippen molar-refractivity contribution < 1.29 is 4.74 Å². The topological polar surface area (TPSA) is 21.3 Å². The fourth-order valence-electron chi connectivity index (χ4n) is 3.69. The molecule has 0 amide bonds. The molecule has 3 heteroatoms. The van der Waals surface area contributed by atoms with Crippen molar-refractivity contribution in [1.29, 1.82) is 0 Å². The highest BCUT2D eigenvalue weighted by Gasteiger charge is 2.40. The van der Waals surface area contributed by atoms with Gasteiger partial charge in [-0.3, -0.25) is 0 Å². The highest BCUT2D eigenvalue weighted by molar-refractivity contribution is 7.99. The van der Waals surface area contributed by atoms with Gasteiger partial charge in [0.25, 0.3) is 0 Å². The normalized spacial score (nSPS) is 28.4. The summed E-state index contributed by atoms with van der Waals surface area (Å²) in [6, 6.07) is 0.723. The van der Waals surface area contributed by atoms with Gasteiger partial charge in [0.15, 0.2) is 0 Å². The van der Waals surface area contributed by atoms with E-state index in [0.717, 1.165) is 25.1 Å². The number of ether oxygens (including phenoxy) is 1. The lowest BCUT2D eigenvalue weighted by atomic mass is 9.77. The second-order valence-electron chi connectivity index (χ2n) is 6.20. The standard InChI is InChI=1S/C16H31NOS/c1-3-5-6-15(17-4-2)14-7-10-18-16(13-14)8-11-19-12-9-16/h14-15,17H,3-13H2,1-2H3. The molecule has 2 aliphatic heterocycles. The molecule has 0 aliphatic carbocycles. The first-order valence-electron chi connectivity index (χ1n) is 8.25. The first kappa shape index (κ1) is 15.7. The Kier molecular flexibility index (Phi) is 6.51. The predicted octanol–water partition coefficient (Wildman–Crippen LogP) is 3.85. The second-order valence-corrected chi connectivity index (χ2v) is 7.43. The summed E-state index contributed by atoms with van der Waals surface area (Å²) in [6.07, 6.45) is 9.14. The van der Waals surface area contributed by atoms with E-state index in [-0.39, 0.29) is 5.60 Å². The van der Waals surface area contributed by atoms with E-state index in [1.165, 1.54) is 56.5 Å². The summed E-state index contributed by atoms with van der Waals surface area (Å²) >= 11 is 2.10. The van der Waals surface area contributed by atoms with Gasteiger partial charge in [-0.05, 0) is 56.1 Å². The molecule has 112 valence electrons. The van der Waals surface area contributed by atoms with E-state index < -0.39 is 0 Å². The van der Waals surface area contributed by atoms with Gasteiger partial charge in [0, 0.05) is 12.6 Å². The molecule has 2 aliphatic rings. The average molecular weight is 285 g/mol. The van der Waals surface area contributed by atoms with Crippen LogP contribution in [0.25, 0.3) is 0 Å². The van der Waals surface area contributed by atoms with E-state index in [0.29, 0.717) is 0 Å². The molecular formula is C16H31NOS. The van der Waals surface area contributed by atoms with Gasteiger partial charge in [0.1, 0.15) is 0 Å². The van der Waals surface area contributed by atoms with E-state index >= 15 is 0 Å². The zero-order chi connectivity index (χ0) is 13.6. The Labute approximate surface area is 123 Å². The average Bonchev–Trinajstić information content (AvgIpc) is 2.44. The third-order valence-electron chi connectivity index (χ3n) is 4.84. The van der Waals surface area contributed by atoms with Crippen molar-refractivity contribution in [2.75, 3.05) is 24.7 Å². The summed E-state index contributed by atoms with van der Waals surface area (Å²) in [5.41, 5.74) is 0.244. The maximum Gasteiger partial charge on any atom is 0.0701 e. The fraction of sp³-hybridized carbons (Fsp3) is 1.00. The van der Waals surface area contributed by atoms with Crippen molar-refractivity contribution in [3.8, 4) is 0 Å². The quantitative estimate of drug-likeness (QED) is 0.801. The molecule has 1 N–H and O–H groups in total. The Bertz CT molecular complexity index is 248. The highest BCUT2D eigenvalue weighted by Crippen LogP contribution is 2.41. The summed E-state index contributed by atoms with van der Waals surface area (Å²) in [4.78, 5) is 0. The molecule has 0 radical (unpaired) electrons. The maximum atomic E-state index is 6.23. The van der Waals surface area contributed by atoms with Crippen molar-refractivity contribution in [2.45, 2.75) is 70.4 Å². The van der Waals surface area contributed by atoms with Gasteiger partial charge in [-0.1, -0.05) is 26.7 Å². The number of unbranched alkanes of at least 4 members (excludes halogenated alkanes) is 1. The molecule has 2 atom stereocenters. The number of rotatable bonds is 6. The van der Waals surface area contributed by atoms with Crippen molar-refractivity contribution in [1.82, 2.24) is 5.32 Å². The van der Waals surface area contributed by atoms with Crippen LogP contribution in [-0.2, 0) is 4.74 Å². The van der Waals surface area contributed by atoms with Gasteiger partial charge in [-0.25, -0.2) is 0 Å². The summed E-state index contributed by atoms with van der Waals surface area (Å²) in [6.45, 7) is 6.63. The summed E-state index contributed by atoms with van der Waals surface area (Å²) in [5.74, 6) is 3.43. The van der Waals surface area contributed by atoms with Crippen LogP contribution in [0.4, 0.5) is 0 Å². The molecule has 2 heterocycles. The molecule has 1 spiro atoms. The number of nitrogens with one attached hydrogen (secondary N) is 1. The van der Waals surface area contributed by atoms with Crippen LogP contribution in [0.3, 0.4) is 0 Å². The van der Waals surface area contributed by atoms with Crippen LogP contribution in [0.5, 0.6) is 0 Å². The minimum atomic E-state index is 0.244. The van der Waals surface area contributed by atoms with Gasteiger partial charge in [0.05, 0.1) is 5.60 Å². The maximum absolute atomic E-state index is 6.23. The zero-order valence-corrected chi connectivity index (χ0v) is 13.6. The lowest BCUT2D eigenvalue weighted by Gasteiger charge is -2.45. The molecule has 2 fully saturated rings. The second kappa shape index (κ2) is 7.90. The molecule has 0 aromatic heterocycles. The van der Waals surface area contributed by atoms with Crippen LogP contribution in [0.1, 0.15) is 58.8 Å². The first-order chi connectivity index (χ1) is 9.29. The summed E-state index contributed by atoms with van der Waals surface area (Å²) in [7, 11) is 0. The van der Waals surface area contributed by atoms with Gasteiger partial charge in [-0.2, -0.15) is 11.8 Å². The minimum Gasteiger partial charge on any atom is -0.375 e. The van der Waals surface area contributed by atoms with E-state index in [1.54, 1.807) is 0 Å². The zero-order valence-electron chi connectivity index (χ0n) is 12.7. The van der Waals surface area contributed by atoms with Gasteiger partial charge in [0.2, 0.25) is 0 Å². The van der Waals surface area contributed by atoms with Gasteiger partial charge < -0.3 is 10.1 Å². The number of thioether (sulfide) groups is 1. The first-order valence-corrected chi connectivity index (χ1v) is 9.40. The predicted molar refractivity (Wildman–Crippen MR) is 85.0 cm³/mol. The van der Waals surface area contributed by atoms with E-state index in [1.807, 2.05) is 0 Å². The van der Waals surface area contributed by atoms with Crippen LogP contribution in [0, 0.1) is 5.92 Å². The van der Waals surface area contributed by atoms with E-state index in [2.05, 4.69) is 30.9 Å². The molecule has 19 heavy (non-hydrogen) atoms. The van der Waals surface area contributed by atoms with Crippen molar-refractivity contribution in [3.63, 3.8) is 0 Å². The van der Waals surface area contributed by atoms with E-state index in [4.69, 9.17) is 4.74 Å². The number of hydrogen-bond donors (Lipinski definition) is 1. The molecule has 0 aromatic carbocycles. The van der Waals surface area contributed by atoms with Crippen LogP contribution in [0.15, 0.2) is 0 Å². The Hall–Kier alpha value is 0.270.